The lowest BCUT2D eigenvalue weighted by molar-refractivity contribution is 0.111. The lowest BCUT2D eigenvalue weighted by Crippen LogP contribution is -2.37. The molecule has 1 unspecified atom stereocenters. The predicted octanol–water partition coefficient (Wildman–Crippen LogP) is 3.00. The number of hydrogen-bond donors (Lipinski definition) is 1. The molecule has 0 aromatic heterocycles. The zero-order valence-corrected chi connectivity index (χ0v) is 13.5. The van der Waals surface area contributed by atoms with Gasteiger partial charge in [0, 0.05) is 25.7 Å². The molecule has 20 heavy (non-hydrogen) atoms. The molecule has 1 atom stereocenters. The smallest absolute Gasteiger partial charge is 0.0593 e. The number of nitrogens with zero attached hydrogens (tertiary/aromatic N) is 1. The van der Waals surface area contributed by atoms with Crippen LogP contribution in [0.1, 0.15) is 37.9 Å². The topological polar surface area (TPSA) is 24.5 Å². The summed E-state index contributed by atoms with van der Waals surface area (Å²) in [6, 6.07) is 9.24. The van der Waals surface area contributed by atoms with E-state index in [1.807, 2.05) is 6.92 Å². The molecule has 0 amide bonds. The summed E-state index contributed by atoms with van der Waals surface area (Å²) >= 11 is 0. The van der Waals surface area contributed by atoms with Gasteiger partial charge in [-0.3, -0.25) is 4.90 Å². The van der Waals surface area contributed by atoms with Gasteiger partial charge in [-0.2, -0.15) is 0 Å². The van der Waals surface area contributed by atoms with E-state index in [-0.39, 0.29) is 0 Å². The van der Waals surface area contributed by atoms with Gasteiger partial charge in [0.05, 0.1) is 6.61 Å². The van der Waals surface area contributed by atoms with Crippen LogP contribution in [0, 0.1) is 6.92 Å². The summed E-state index contributed by atoms with van der Waals surface area (Å²) in [5, 5.41) is 3.59. The van der Waals surface area contributed by atoms with Crippen LogP contribution in [0.15, 0.2) is 24.3 Å². The number of rotatable bonds is 10. The summed E-state index contributed by atoms with van der Waals surface area (Å²) in [5.74, 6) is 0. The Balaban J connectivity index is 2.62. The van der Waals surface area contributed by atoms with Crippen molar-refractivity contribution in [1.82, 2.24) is 10.2 Å². The van der Waals surface area contributed by atoms with Gasteiger partial charge in [0.1, 0.15) is 0 Å². The quantitative estimate of drug-likeness (QED) is 0.666. The molecule has 1 rings (SSSR count). The van der Waals surface area contributed by atoms with Crippen LogP contribution in [0.5, 0.6) is 0 Å². The molecule has 1 aromatic rings. The van der Waals surface area contributed by atoms with Gasteiger partial charge in [0.2, 0.25) is 0 Å². The highest BCUT2D eigenvalue weighted by atomic mass is 16.5. The van der Waals surface area contributed by atoms with Crippen LogP contribution in [0.3, 0.4) is 0 Å². The second-order valence-corrected chi connectivity index (χ2v) is 5.11. The minimum Gasteiger partial charge on any atom is -0.380 e. The largest absolute Gasteiger partial charge is 0.380 e. The average molecular weight is 278 g/mol. The van der Waals surface area contributed by atoms with E-state index < -0.39 is 0 Å². The molecule has 0 spiro atoms. The van der Waals surface area contributed by atoms with Crippen molar-refractivity contribution in [2.24, 2.45) is 0 Å². The number of ether oxygens (including phenoxy) is 1. The maximum atomic E-state index is 5.47. The highest BCUT2D eigenvalue weighted by Crippen LogP contribution is 2.15. The lowest BCUT2D eigenvalue weighted by atomic mass is 10.0. The molecule has 1 aromatic carbocycles. The van der Waals surface area contributed by atoms with Crippen molar-refractivity contribution in [3.8, 4) is 0 Å². The normalized spacial score (nSPS) is 12.8. The van der Waals surface area contributed by atoms with Gasteiger partial charge in [0.15, 0.2) is 0 Å². The summed E-state index contributed by atoms with van der Waals surface area (Å²) in [7, 11) is 0. The summed E-state index contributed by atoms with van der Waals surface area (Å²) in [6.07, 6.45) is 0. The van der Waals surface area contributed by atoms with Crippen molar-refractivity contribution in [2.45, 2.75) is 33.7 Å². The predicted molar refractivity (Wildman–Crippen MR) is 86.2 cm³/mol. The van der Waals surface area contributed by atoms with Crippen molar-refractivity contribution in [2.75, 3.05) is 39.4 Å². The van der Waals surface area contributed by atoms with Crippen LogP contribution in [0.2, 0.25) is 0 Å². The number of likely N-dealkylation sites (N-methyl/N-ethyl adjacent to an activating group) is 2. The highest BCUT2D eigenvalue weighted by Gasteiger charge is 2.14. The van der Waals surface area contributed by atoms with Crippen molar-refractivity contribution in [3.63, 3.8) is 0 Å². The first-order valence-electron chi connectivity index (χ1n) is 7.81. The van der Waals surface area contributed by atoms with E-state index in [1.54, 1.807) is 0 Å². The molecule has 3 heteroatoms. The molecular weight excluding hydrogens is 248 g/mol. The third kappa shape index (κ3) is 6.04. The zero-order valence-electron chi connectivity index (χ0n) is 13.5. The number of hydrogen-bond acceptors (Lipinski definition) is 3. The fraction of sp³-hybridized carbons (Fsp3) is 0.647. The second kappa shape index (κ2) is 9.92. The minimum atomic E-state index is 0.391. The molecule has 0 aliphatic heterocycles. The Kier molecular flexibility index (Phi) is 8.51. The number of aryl methyl sites for hydroxylation is 1. The Morgan fingerprint density at radius 3 is 2.40 bits per heavy atom. The SMILES string of the molecule is CCNC(CN(CC)CCOCC)c1ccc(C)cc1. The Morgan fingerprint density at radius 2 is 1.85 bits per heavy atom. The van der Waals surface area contributed by atoms with Gasteiger partial charge >= 0.3 is 0 Å². The Hall–Kier alpha value is -0.900. The van der Waals surface area contributed by atoms with E-state index >= 15 is 0 Å². The van der Waals surface area contributed by atoms with Crippen LogP contribution >= 0.6 is 0 Å². The molecular formula is C17H30N2O. The maximum absolute atomic E-state index is 5.47. The van der Waals surface area contributed by atoms with Crippen molar-refractivity contribution in [1.29, 1.82) is 0 Å². The summed E-state index contributed by atoms with van der Waals surface area (Å²) in [6.45, 7) is 14.2. The van der Waals surface area contributed by atoms with Crippen molar-refractivity contribution in [3.05, 3.63) is 35.4 Å². The van der Waals surface area contributed by atoms with Gasteiger partial charge in [-0.1, -0.05) is 43.7 Å². The zero-order chi connectivity index (χ0) is 14.8. The Morgan fingerprint density at radius 1 is 1.15 bits per heavy atom. The number of nitrogens with one attached hydrogen (secondary N) is 1. The molecule has 0 aliphatic rings. The molecule has 0 saturated carbocycles. The maximum Gasteiger partial charge on any atom is 0.0593 e. The summed E-state index contributed by atoms with van der Waals surface area (Å²) < 4.78 is 5.47. The molecule has 1 N–H and O–H groups in total. The van der Waals surface area contributed by atoms with E-state index in [4.69, 9.17) is 4.74 Å². The van der Waals surface area contributed by atoms with Gasteiger partial charge < -0.3 is 10.1 Å². The van der Waals surface area contributed by atoms with E-state index in [0.29, 0.717) is 6.04 Å². The standard InChI is InChI=1S/C17H30N2O/c1-5-18-17(16-10-8-15(4)9-11-16)14-19(6-2)12-13-20-7-3/h8-11,17-18H,5-7,12-14H2,1-4H3. The molecule has 0 fully saturated rings. The van der Waals surface area contributed by atoms with E-state index in [0.717, 1.165) is 39.4 Å². The van der Waals surface area contributed by atoms with Gasteiger partial charge in [-0.25, -0.2) is 0 Å². The van der Waals surface area contributed by atoms with Crippen LogP contribution in [-0.2, 0) is 4.74 Å². The van der Waals surface area contributed by atoms with Gasteiger partial charge in [0.25, 0.3) is 0 Å². The molecule has 0 aliphatic carbocycles. The van der Waals surface area contributed by atoms with Crippen LogP contribution in [0.4, 0.5) is 0 Å². The Labute approximate surface area is 124 Å². The molecule has 0 saturated heterocycles. The van der Waals surface area contributed by atoms with E-state index in [1.165, 1.54) is 11.1 Å². The molecule has 0 heterocycles. The summed E-state index contributed by atoms with van der Waals surface area (Å²) in [4.78, 5) is 2.45. The summed E-state index contributed by atoms with van der Waals surface area (Å²) in [5.41, 5.74) is 2.68. The molecule has 0 bridgehead atoms. The van der Waals surface area contributed by atoms with Gasteiger partial charge in [-0.05, 0) is 32.5 Å². The molecule has 114 valence electrons. The average Bonchev–Trinajstić information content (AvgIpc) is 2.46. The van der Waals surface area contributed by atoms with E-state index in [2.05, 4.69) is 55.3 Å². The first-order chi connectivity index (χ1) is 9.71. The number of benzene rings is 1. The Bertz CT molecular complexity index is 351. The first kappa shape index (κ1) is 17.2. The third-order valence-electron chi connectivity index (χ3n) is 3.57. The monoisotopic (exact) mass is 278 g/mol. The minimum absolute atomic E-state index is 0.391. The van der Waals surface area contributed by atoms with Crippen molar-refractivity contribution >= 4 is 0 Å². The fourth-order valence-electron chi connectivity index (χ4n) is 2.31. The van der Waals surface area contributed by atoms with E-state index in [9.17, 15) is 0 Å². The molecule has 3 nitrogen and oxygen atoms in total. The lowest BCUT2D eigenvalue weighted by Gasteiger charge is -2.27. The second-order valence-electron chi connectivity index (χ2n) is 5.11. The third-order valence-corrected chi connectivity index (χ3v) is 3.57. The fourth-order valence-corrected chi connectivity index (χ4v) is 2.31. The van der Waals surface area contributed by atoms with Crippen molar-refractivity contribution < 1.29 is 4.74 Å². The van der Waals surface area contributed by atoms with Crippen LogP contribution in [-0.4, -0.2) is 44.3 Å². The highest BCUT2D eigenvalue weighted by molar-refractivity contribution is 5.24. The molecule has 0 radical (unpaired) electrons. The van der Waals surface area contributed by atoms with Crippen LogP contribution in [0.25, 0.3) is 0 Å². The van der Waals surface area contributed by atoms with Gasteiger partial charge in [-0.15, -0.1) is 0 Å². The first-order valence-corrected chi connectivity index (χ1v) is 7.81. The van der Waals surface area contributed by atoms with Crippen LogP contribution < -0.4 is 5.32 Å².